The summed E-state index contributed by atoms with van der Waals surface area (Å²) in [5.41, 5.74) is 0.735. The maximum Gasteiger partial charge on any atom is 0.255 e. The van der Waals surface area contributed by atoms with Crippen molar-refractivity contribution in [3.05, 3.63) is 59.7 Å². The van der Waals surface area contributed by atoms with Crippen LogP contribution in [0.25, 0.3) is 0 Å². The van der Waals surface area contributed by atoms with Crippen LogP contribution >= 0.6 is 0 Å². The molecule has 4 rings (SSSR count). The highest BCUT2D eigenvalue weighted by Crippen LogP contribution is 2.45. The molecule has 1 aliphatic carbocycles. The van der Waals surface area contributed by atoms with Crippen LogP contribution in [0.3, 0.4) is 0 Å². The number of aromatic nitrogens is 1. The van der Waals surface area contributed by atoms with E-state index in [9.17, 15) is 19.7 Å². The lowest BCUT2D eigenvalue weighted by Crippen LogP contribution is -2.33. The minimum Gasteiger partial charge on any atom is -0.504 e. The zero-order valence-corrected chi connectivity index (χ0v) is 15.1. The highest BCUT2D eigenvalue weighted by atomic mass is 19.1. The summed E-state index contributed by atoms with van der Waals surface area (Å²) >= 11 is 0. The van der Waals surface area contributed by atoms with Crippen molar-refractivity contribution in [2.24, 2.45) is 11.8 Å². The van der Waals surface area contributed by atoms with Gasteiger partial charge in [0.05, 0.1) is 11.3 Å². The molecule has 1 aromatic carbocycles. The van der Waals surface area contributed by atoms with Crippen LogP contribution in [0.1, 0.15) is 30.2 Å². The van der Waals surface area contributed by atoms with E-state index < -0.39 is 23.4 Å². The van der Waals surface area contributed by atoms with Gasteiger partial charge in [0.15, 0.2) is 5.75 Å². The minimum absolute atomic E-state index is 0.225. The molecule has 144 valence electrons. The largest absolute Gasteiger partial charge is 0.504 e. The number of halogens is 1. The third-order valence-corrected chi connectivity index (χ3v) is 5.94. The third-order valence-electron chi connectivity index (χ3n) is 5.94. The Morgan fingerprint density at radius 2 is 1.78 bits per heavy atom. The molecule has 0 radical (unpaired) electrons. The van der Waals surface area contributed by atoms with Gasteiger partial charge in [0.2, 0.25) is 0 Å². The predicted molar refractivity (Wildman–Crippen MR) is 98.6 cm³/mol. The van der Waals surface area contributed by atoms with Gasteiger partial charge in [-0.2, -0.15) is 4.39 Å². The number of pyridine rings is 1. The van der Waals surface area contributed by atoms with Crippen LogP contribution < -0.4 is 0 Å². The van der Waals surface area contributed by atoms with Crippen molar-refractivity contribution in [1.82, 2.24) is 9.88 Å². The first-order valence-electron chi connectivity index (χ1n) is 9.44. The van der Waals surface area contributed by atoms with Crippen LogP contribution in [0.4, 0.5) is 4.39 Å². The molecule has 1 aliphatic heterocycles. The van der Waals surface area contributed by atoms with Crippen molar-refractivity contribution in [3.8, 4) is 5.75 Å². The van der Waals surface area contributed by atoms with Gasteiger partial charge in [0, 0.05) is 26.1 Å². The van der Waals surface area contributed by atoms with Crippen LogP contribution in [0.2, 0.25) is 0 Å². The van der Waals surface area contributed by atoms with Crippen molar-refractivity contribution in [1.29, 1.82) is 0 Å². The second kappa shape index (κ2) is 7.19. The van der Waals surface area contributed by atoms with Gasteiger partial charge >= 0.3 is 0 Å². The molecule has 5 nitrogen and oxygen atoms in total. The topological polar surface area (TPSA) is 76.8 Å². The molecule has 2 aromatic rings. The quantitative estimate of drug-likeness (QED) is 0.702. The van der Waals surface area contributed by atoms with E-state index in [2.05, 4.69) is 22.0 Å². The fourth-order valence-corrected chi connectivity index (χ4v) is 4.79. The molecule has 0 amide bonds. The number of nitrogens with zero attached hydrogens (tertiary/aromatic N) is 2. The van der Waals surface area contributed by atoms with Crippen molar-refractivity contribution < 1.29 is 19.7 Å². The SMILES string of the molecule is Oc1ccc(C(O)CN2C[C@@H]3C[C@](O)(Cc4ccccc4)C[C@@H]3C2)nc1F. The number of aliphatic hydroxyl groups excluding tert-OH is 1. The van der Waals surface area contributed by atoms with E-state index in [1.165, 1.54) is 12.1 Å². The summed E-state index contributed by atoms with van der Waals surface area (Å²) in [6.07, 6.45) is 1.32. The first-order chi connectivity index (χ1) is 12.9. The Morgan fingerprint density at radius 1 is 1.11 bits per heavy atom. The zero-order chi connectivity index (χ0) is 19.0. The second-order valence-corrected chi connectivity index (χ2v) is 8.10. The molecule has 2 fully saturated rings. The Hall–Kier alpha value is -2.02. The van der Waals surface area contributed by atoms with E-state index in [0.717, 1.165) is 31.5 Å². The molecule has 1 saturated heterocycles. The molecule has 27 heavy (non-hydrogen) atoms. The van der Waals surface area contributed by atoms with E-state index >= 15 is 0 Å². The standard InChI is InChI=1S/C21H25FN2O3/c22-20-18(25)7-6-17(23-20)19(26)13-24-11-15-9-21(27,10-16(15)12-24)8-14-4-2-1-3-5-14/h1-7,15-16,19,25-27H,8-13H2/t15-,16+,19?,21+. The minimum atomic E-state index is -0.962. The smallest absolute Gasteiger partial charge is 0.255 e. The van der Waals surface area contributed by atoms with E-state index in [1.54, 1.807) is 0 Å². The van der Waals surface area contributed by atoms with Gasteiger partial charge in [0.1, 0.15) is 6.10 Å². The van der Waals surface area contributed by atoms with E-state index in [-0.39, 0.29) is 5.69 Å². The van der Waals surface area contributed by atoms with Gasteiger partial charge in [-0.05, 0) is 42.4 Å². The number of hydrogen-bond donors (Lipinski definition) is 3. The Bertz CT molecular complexity index is 787. The highest BCUT2D eigenvalue weighted by molar-refractivity contribution is 5.21. The number of likely N-dealkylation sites (tertiary alicyclic amines) is 1. The number of aliphatic hydroxyl groups is 2. The molecule has 0 bridgehead atoms. The monoisotopic (exact) mass is 372 g/mol. The van der Waals surface area contributed by atoms with Crippen LogP contribution in [-0.4, -0.2) is 50.4 Å². The van der Waals surface area contributed by atoms with Crippen molar-refractivity contribution in [2.45, 2.75) is 31.0 Å². The fourth-order valence-electron chi connectivity index (χ4n) is 4.79. The average molecular weight is 372 g/mol. The molecule has 0 spiro atoms. The van der Waals surface area contributed by atoms with Crippen LogP contribution in [0.15, 0.2) is 42.5 Å². The number of rotatable bonds is 5. The first-order valence-corrected chi connectivity index (χ1v) is 9.44. The molecular weight excluding hydrogens is 347 g/mol. The molecule has 1 unspecified atom stereocenters. The van der Waals surface area contributed by atoms with Crippen molar-refractivity contribution >= 4 is 0 Å². The maximum atomic E-state index is 13.4. The summed E-state index contributed by atoms with van der Waals surface area (Å²) in [4.78, 5) is 5.78. The Labute approximate surface area is 158 Å². The van der Waals surface area contributed by atoms with E-state index in [0.29, 0.717) is 24.8 Å². The number of benzene rings is 1. The first kappa shape index (κ1) is 18.3. The third kappa shape index (κ3) is 3.98. The summed E-state index contributed by atoms with van der Waals surface area (Å²) < 4.78 is 13.4. The number of aromatic hydroxyl groups is 1. The molecule has 2 aliphatic rings. The second-order valence-electron chi connectivity index (χ2n) is 8.10. The average Bonchev–Trinajstić information content (AvgIpc) is 3.11. The lowest BCUT2D eigenvalue weighted by Gasteiger charge is -2.27. The lowest BCUT2D eigenvalue weighted by atomic mass is 9.91. The van der Waals surface area contributed by atoms with Gasteiger partial charge in [-0.1, -0.05) is 30.3 Å². The maximum absolute atomic E-state index is 13.4. The van der Waals surface area contributed by atoms with Crippen LogP contribution in [0.5, 0.6) is 5.75 Å². The summed E-state index contributed by atoms with van der Waals surface area (Å²) in [6, 6.07) is 12.7. The molecule has 2 heterocycles. The molecule has 3 N–H and O–H groups in total. The molecule has 1 aromatic heterocycles. The van der Waals surface area contributed by atoms with Crippen LogP contribution in [-0.2, 0) is 6.42 Å². The van der Waals surface area contributed by atoms with E-state index in [4.69, 9.17) is 0 Å². The van der Waals surface area contributed by atoms with Gasteiger partial charge in [-0.3, -0.25) is 4.90 Å². The molecular formula is C21H25FN2O3. The fraction of sp³-hybridized carbons (Fsp3) is 0.476. The van der Waals surface area contributed by atoms with Gasteiger partial charge in [-0.25, -0.2) is 4.98 Å². The molecule has 4 atom stereocenters. The zero-order valence-electron chi connectivity index (χ0n) is 15.1. The van der Waals surface area contributed by atoms with Crippen molar-refractivity contribution in [3.63, 3.8) is 0 Å². The van der Waals surface area contributed by atoms with Gasteiger partial charge in [-0.15, -0.1) is 0 Å². The summed E-state index contributed by atoms with van der Waals surface area (Å²) in [6.45, 7) is 2.01. The Balaban J connectivity index is 1.33. The summed E-state index contributed by atoms with van der Waals surface area (Å²) in [5, 5.41) is 30.6. The highest BCUT2D eigenvalue weighted by Gasteiger charge is 2.48. The Morgan fingerprint density at radius 3 is 2.41 bits per heavy atom. The number of β-amino-alcohol motifs (C(OH)–C–C–N with tert-alkyl or cyclic N) is 1. The van der Waals surface area contributed by atoms with Gasteiger partial charge in [0.25, 0.3) is 5.95 Å². The number of fused-ring (bicyclic) bond motifs is 1. The van der Waals surface area contributed by atoms with E-state index in [1.807, 2.05) is 18.2 Å². The summed E-state index contributed by atoms with van der Waals surface area (Å²) in [5.74, 6) is -0.652. The number of hydrogen-bond acceptors (Lipinski definition) is 5. The molecule has 1 saturated carbocycles. The van der Waals surface area contributed by atoms with Crippen LogP contribution in [0, 0.1) is 17.8 Å². The Kier molecular flexibility index (Phi) is 4.88. The predicted octanol–water partition coefficient (Wildman–Crippen LogP) is 2.28. The van der Waals surface area contributed by atoms with Gasteiger partial charge < -0.3 is 15.3 Å². The normalized spacial score (nSPS) is 29.0. The van der Waals surface area contributed by atoms with Crippen molar-refractivity contribution in [2.75, 3.05) is 19.6 Å². The summed E-state index contributed by atoms with van der Waals surface area (Å²) in [7, 11) is 0. The lowest BCUT2D eigenvalue weighted by molar-refractivity contribution is 0.0326. The molecule has 6 heteroatoms.